The zero-order chi connectivity index (χ0) is 24.9. The van der Waals surface area contributed by atoms with Crippen LogP contribution < -0.4 is 15.4 Å². The Kier molecular flexibility index (Phi) is 7.88. The number of halogens is 1. The number of ether oxygens (including phenoxy) is 2. The number of nitrogens with one attached hydrogen (secondary N) is 2. The van der Waals surface area contributed by atoms with Gasteiger partial charge in [-0.2, -0.15) is 0 Å². The van der Waals surface area contributed by atoms with E-state index in [9.17, 15) is 4.79 Å². The number of anilines is 1. The van der Waals surface area contributed by atoms with E-state index in [1.54, 1.807) is 20.2 Å². The molecule has 2 aromatic carbocycles. The highest BCUT2D eigenvalue weighted by Gasteiger charge is 2.36. The number of aromatic nitrogens is 2. The molecule has 35 heavy (non-hydrogen) atoms. The number of carbonyl (C=O) groups is 1. The summed E-state index contributed by atoms with van der Waals surface area (Å²) in [7, 11) is 3.34. The van der Waals surface area contributed by atoms with Gasteiger partial charge in [0, 0.05) is 12.0 Å². The molecule has 8 heteroatoms. The minimum atomic E-state index is -0.333. The first-order valence-corrected chi connectivity index (χ1v) is 12.3. The molecule has 3 aromatic rings. The van der Waals surface area contributed by atoms with Crippen molar-refractivity contribution in [3.05, 3.63) is 70.0 Å². The second kappa shape index (κ2) is 11.1. The maximum Gasteiger partial charge on any atom is 0.320 e. The summed E-state index contributed by atoms with van der Waals surface area (Å²) >= 11 is 6.58. The third kappa shape index (κ3) is 5.26. The lowest BCUT2D eigenvalue weighted by molar-refractivity contribution is -0.148. The Balaban J connectivity index is 1.71. The minimum absolute atomic E-state index is 0.164. The van der Waals surface area contributed by atoms with Crippen LogP contribution in [0.3, 0.4) is 0 Å². The van der Waals surface area contributed by atoms with E-state index in [1.807, 2.05) is 38.1 Å². The number of aryl methyl sites for hydroxylation is 2. The van der Waals surface area contributed by atoms with Gasteiger partial charge >= 0.3 is 5.97 Å². The first-order chi connectivity index (χ1) is 17.0. The highest BCUT2D eigenvalue weighted by Crippen LogP contribution is 2.38. The molecule has 0 saturated heterocycles. The predicted molar refractivity (Wildman–Crippen MR) is 138 cm³/mol. The minimum Gasteiger partial charge on any atom is -0.497 e. The van der Waals surface area contributed by atoms with Crippen LogP contribution >= 0.6 is 11.6 Å². The standard InChI is InChI=1S/C27H31ClN4O3/c1-5-21-25(19-12-11-17(34-4)14-20(19)28)30-22(6-2)27(31-21)32-26-18-10-8-7-9-16(18)13-23(26)35-24(33)15-29-3/h7-12,14,23,26,29H,5-6,13,15H2,1-4H3,(H,31,32). The Morgan fingerprint density at radius 1 is 1.11 bits per heavy atom. The van der Waals surface area contributed by atoms with Gasteiger partial charge in [-0.05, 0) is 49.2 Å². The summed E-state index contributed by atoms with van der Waals surface area (Å²) in [5.74, 6) is 1.12. The van der Waals surface area contributed by atoms with E-state index >= 15 is 0 Å². The topological polar surface area (TPSA) is 85.4 Å². The number of rotatable bonds is 9. The van der Waals surface area contributed by atoms with E-state index in [2.05, 4.69) is 22.8 Å². The average Bonchev–Trinajstić information content (AvgIpc) is 3.20. The molecule has 2 unspecified atom stereocenters. The van der Waals surface area contributed by atoms with E-state index in [-0.39, 0.29) is 24.7 Å². The zero-order valence-corrected chi connectivity index (χ0v) is 21.3. The van der Waals surface area contributed by atoms with Crippen LogP contribution in [0.1, 0.15) is 42.4 Å². The fraction of sp³-hybridized carbons (Fsp3) is 0.370. The van der Waals surface area contributed by atoms with Gasteiger partial charge in [-0.25, -0.2) is 9.97 Å². The first kappa shape index (κ1) is 24.9. The van der Waals surface area contributed by atoms with Gasteiger partial charge in [0.25, 0.3) is 0 Å². The molecular weight excluding hydrogens is 464 g/mol. The lowest BCUT2D eigenvalue weighted by atomic mass is 10.1. The van der Waals surface area contributed by atoms with Crippen LogP contribution in [0.25, 0.3) is 11.3 Å². The van der Waals surface area contributed by atoms with Crippen molar-refractivity contribution in [2.24, 2.45) is 0 Å². The van der Waals surface area contributed by atoms with E-state index in [1.165, 1.54) is 0 Å². The van der Waals surface area contributed by atoms with Crippen molar-refractivity contribution in [3.63, 3.8) is 0 Å². The number of methoxy groups -OCH3 is 1. The van der Waals surface area contributed by atoms with Crippen LogP contribution in [-0.4, -0.2) is 42.7 Å². The fourth-order valence-corrected chi connectivity index (χ4v) is 4.74. The summed E-state index contributed by atoms with van der Waals surface area (Å²) in [5, 5.41) is 7.00. The lowest BCUT2D eigenvalue weighted by Crippen LogP contribution is -2.31. The van der Waals surface area contributed by atoms with Crippen LogP contribution in [-0.2, 0) is 28.8 Å². The van der Waals surface area contributed by atoms with Crippen LogP contribution in [0.4, 0.5) is 5.82 Å². The summed E-state index contributed by atoms with van der Waals surface area (Å²) < 4.78 is 11.1. The maximum atomic E-state index is 12.3. The molecule has 4 rings (SSSR count). The molecule has 0 fully saturated rings. The van der Waals surface area contributed by atoms with Crippen molar-refractivity contribution < 1.29 is 14.3 Å². The second-order valence-corrected chi connectivity index (χ2v) is 8.86. The summed E-state index contributed by atoms with van der Waals surface area (Å²) in [6, 6.07) is 13.5. The van der Waals surface area contributed by atoms with Crippen LogP contribution in [0, 0.1) is 0 Å². The highest BCUT2D eigenvalue weighted by molar-refractivity contribution is 6.33. The number of hydrogen-bond donors (Lipinski definition) is 2. The molecule has 1 aliphatic carbocycles. The summed E-state index contributed by atoms with van der Waals surface area (Å²) in [5.41, 5.74) is 5.53. The lowest BCUT2D eigenvalue weighted by Gasteiger charge is -2.24. The molecule has 0 spiro atoms. The van der Waals surface area contributed by atoms with Crippen molar-refractivity contribution in [3.8, 4) is 17.0 Å². The van der Waals surface area contributed by atoms with Crippen LogP contribution in [0.2, 0.25) is 5.02 Å². The Labute approximate surface area is 211 Å². The van der Waals surface area contributed by atoms with E-state index in [4.69, 9.17) is 31.0 Å². The van der Waals surface area contributed by atoms with Gasteiger partial charge in [0.05, 0.1) is 41.8 Å². The summed E-state index contributed by atoms with van der Waals surface area (Å²) in [6.45, 7) is 4.26. The molecule has 1 heterocycles. The molecule has 184 valence electrons. The van der Waals surface area contributed by atoms with Gasteiger partial charge < -0.3 is 20.1 Å². The van der Waals surface area contributed by atoms with E-state index in [0.717, 1.165) is 33.8 Å². The van der Waals surface area contributed by atoms with Crippen molar-refractivity contribution in [2.45, 2.75) is 45.3 Å². The van der Waals surface area contributed by atoms with Crippen LogP contribution in [0.15, 0.2) is 42.5 Å². The van der Waals surface area contributed by atoms with Crippen molar-refractivity contribution in [1.29, 1.82) is 0 Å². The molecule has 0 bridgehead atoms. The van der Waals surface area contributed by atoms with Gasteiger partial charge in [-0.1, -0.05) is 49.7 Å². The number of likely N-dealkylation sites (N-methyl/N-ethyl adjacent to an activating group) is 1. The Bertz CT molecular complexity index is 1220. The average molecular weight is 495 g/mol. The predicted octanol–water partition coefficient (Wildman–Crippen LogP) is 4.77. The highest BCUT2D eigenvalue weighted by atomic mass is 35.5. The number of fused-ring (bicyclic) bond motifs is 1. The zero-order valence-electron chi connectivity index (χ0n) is 20.5. The molecule has 0 radical (unpaired) electrons. The summed E-state index contributed by atoms with van der Waals surface area (Å²) in [4.78, 5) is 22.3. The maximum absolute atomic E-state index is 12.3. The van der Waals surface area contributed by atoms with E-state index in [0.29, 0.717) is 35.9 Å². The van der Waals surface area contributed by atoms with Gasteiger partial charge in [-0.15, -0.1) is 0 Å². The van der Waals surface area contributed by atoms with Crippen molar-refractivity contribution >= 4 is 23.4 Å². The molecule has 7 nitrogen and oxygen atoms in total. The molecule has 1 aliphatic rings. The van der Waals surface area contributed by atoms with Gasteiger partial charge in [0.2, 0.25) is 0 Å². The molecule has 0 saturated carbocycles. The van der Waals surface area contributed by atoms with Crippen molar-refractivity contribution in [2.75, 3.05) is 26.0 Å². The second-order valence-electron chi connectivity index (χ2n) is 8.45. The molecule has 2 N–H and O–H groups in total. The third-order valence-corrected chi connectivity index (χ3v) is 6.53. The van der Waals surface area contributed by atoms with Gasteiger partial charge in [0.15, 0.2) is 0 Å². The number of benzene rings is 2. The van der Waals surface area contributed by atoms with Crippen molar-refractivity contribution in [1.82, 2.24) is 15.3 Å². The molecule has 2 atom stereocenters. The quantitative estimate of drug-likeness (QED) is 0.414. The molecular formula is C27H31ClN4O3. The smallest absolute Gasteiger partial charge is 0.320 e. The Morgan fingerprint density at radius 2 is 1.89 bits per heavy atom. The normalized spacial score (nSPS) is 16.6. The Morgan fingerprint density at radius 3 is 2.57 bits per heavy atom. The summed E-state index contributed by atoms with van der Waals surface area (Å²) in [6.07, 6.45) is 1.68. The SMILES string of the molecule is CCc1nc(-c2ccc(OC)cc2Cl)c(CC)nc1NC1c2ccccc2CC1OC(=O)CNC. The monoisotopic (exact) mass is 494 g/mol. The fourth-order valence-electron chi connectivity index (χ4n) is 4.48. The van der Waals surface area contributed by atoms with E-state index < -0.39 is 0 Å². The molecule has 0 amide bonds. The van der Waals surface area contributed by atoms with Gasteiger partial charge in [-0.3, -0.25) is 4.79 Å². The number of nitrogens with zero attached hydrogens (tertiary/aromatic N) is 2. The van der Waals surface area contributed by atoms with Gasteiger partial charge in [0.1, 0.15) is 17.7 Å². The van der Waals surface area contributed by atoms with Crippen LogP contribution in [0.5, 0.6) is 5.75 Å². The number of esters is 1. The first-order valence-electron chi connectivity index (χ1n) is 11.9. The Hall–Kier alpha value is -3.16. The number of hydrogen-bond acceptors (Lipinski definition) is 7. The molecule has 0 aliphatic heterocycles. The number of carbonyl (C=O) groups excluding carboxylic acids is 1. The largest absolute Gasteiger partial charge is 0.497 e. The third-order valence-electron chi connectivity index (χ3n) is 6.22. The molecule has 1 aromatic heterocycles.